The van der Waals surface area contributed by atoms with Crippen molar-refractivity contribution in [2.75, 3.05) is 5.32 Å². The van der Waals surface area contributed by atoms with Gasteiger partial charge in [-0.15, -0.1) is 0 Å². The number of nitrogens with zero attached hydrogens (tertiary/aromatic N) is 1. The van der Waals surface area contributed by atoms with Gasteiger partial charge in [-0.1, -0.05) is 61.2 Å². The quantitative estimate of drug-likeness (QED) is 0.354. The van der Waals surface area contributed by atoms with Crippen molar-refractivity contribution in [3.63, 3.8) is 0 Å². The summed E-state index contributed by atoms with van der Waals surface area (Å²) in [7, 11) is 0. The van der Waals surface area contributed by atoms with Crippen LogP contribution in [0.1, 0.15) is 61.6 Å². The molecule has 27 heavy (non-hydrogen) atoms. The Balaban J connectivity index is 1.59. The summed E-state index contributed by atoms with van der Waals surface area (Å²) in [6.45, 7) is 3.94. The van der Waals surface area contributed by atoms with Crippen LogP contribution in [0.4, 0.5) is 5.69 Å². The van der Waals surface area contributed by atoms with Crippen molar-refractivity contribution in [1.82, 2.24) is 5.43 Å². The lowest BCUT2D eigenvalue weighted by Crippen LogP contribution is -2.25. The van der Waals surface area contributed by atoms with Gasteiger partial charge in [0.1, 0.15) is 0 Å². The van der Waals surface area contributed by atoms with Crippen LogP contribution in [-0.2, 0) is 0 Å². The Morgan fingerprint density at radius 3 is 2.48 bits per heavy atom. The molecule has 3 nitrogen and oxygen atoms in total. The van der Waals surface area contributed by atoms with E-state index in [2.05, 4.69) is 40.1 Å². The van der Waals surface area contributed by atoms with E-state index in [1.54, 1.807) is 0 Å². The van der Waals surface area contributed by atoms with E-state index in [0.717, 1.165) is 28.4 Å². The monoisotopic (exact) mass is 399 g/mol. The van der Waals surface area contributed by atoms with Gasteiger partial charge in [0.25, 0.3) is 0 Å². The highest BCUT2D eigenvalue weighted by Gasteiger charge is 2.15. The second kappa shape index (κ2) is 9.34. The zero-order chi connectivity index (χ0) is 19.2. The Bertz CT molecular complexity index is 824. The first-order valence-electron chi connectivity index (χ1n) is 9.51. The smallest absolute Gasteiger partial charge is 0.191 e. The van der Waals surface area contributed by atoms with Gasteiger partial charge in [-0.3, -0.25) is 5.43 Å². The first-order chi connectivity index (χ1) is 13.0. The van der Waals surface area contributed by atoms with Crippen LogP contribution in [0.3, 0.4) is 0 Å². The molecule has 0 aromatic heterocycles. The minimum absolute atomic E-state index is 0.443. The van der Waals surface area contributed by atoms with Gasteiger partial charge in [0.05, 0.1) is 5.71 Å². The molecular weight excluding hydrogens is 374 g/mol. The summed E-state index contributed by atoms with van der Waals surface area (Å²) >= 11 is 11.5. The molecular formula is C22H26ClN3S. The minimum atomic E-state index is 0.443. The lowest BCUT2D eigenvalue weighted by molar-refractivity contribution is 0.443. The summed E-state index contributed by atoms with van der Waals surface area (Å²) in [5.74, 6) is 0.723. The highest BCUT2D eigenvalue weighted by atomic mass is 35.5. The highest BCUT2D eigenvalue weighted by molar-refractivity contribution is 7.80. The van der Waals surface area contributed by atoms with Gasteiger partial charge in [0.15, 0.2) is 5.11 Å². The zero-order valence-corrected chi connectivity index (χ0v) is 17.5. The normalized spacial score (nSPS) is 15.4. The van der Waals surface area contributed by atoms with Gasteiger partial charge in [0.2, 0.25) is 0 Å². The first-order valence-corrected chi connectivity index (χ1v) is 10.3. The molecule has 1 aliphatic carbocycles. The molecule has 1 saturated carbocycles. The molecule has 2 aromatic carbocycles. The lowest BCUT2D eigenvalue weighted by Gasteiger charge is -2.22. The fraction of sp³-hybridized carbons (Fsp3) is 0.364. The number of hydrogen-bond acceptors (Lipinski definition) is 2. The number of halogens is 1. The third-order valence-corrected chi connectivity index (χ3v) is 5.85. The number of rotatable bonds is 4. The SMILES string of the molecule is C/C(=N\NC(=S)Nc1cccc(Cl)c1C)c1ccc(C2CCCCC2)cc1. The Labute approximate surface area is 172 Å². The molecule has 1 aliphatic rings. The van der Waals surface area contributed by atoms with Gasteiger partial charge < -0.3 is 5.32 Å². The first kappa shape index (κ1) is 19.8. The van der Waals surface area contributed by atoms with E-state index in [1.165, 1.54) is 37.7 Å². The molecule has 0 radical (unpaired) electrons. The molecule has 0 atom stereocenters. The molecule has 2 aromatic rings. The Hall–Kier alpha value is -1.91. The van der Waals surface area contributed by atoms with Crippen molar-refractivity contribution < 1.29 is 0 Å². The van der Waals surface area contributed by atoms with Crippen LogP contribution < -0.4 is 10.7 Å². The molecule has 0 unspecified atom stereocenters. The van der Waals surface area contributed by atoms with E-state index in [0.29, 0.717) is 10.1 Å². The van der Waals surface area contributed by atoms with Crippen molar-refractivity contribution in [2.24, 2.45) is 5.10 Å². The molecule has 0 saturated heterocycles. The average Bonchev–Trinajstić information content (AvgIpc) is 2.70. The molecule has 3 rings (SSSR count). The topological polar surface area (TPSA) is 36.4 Å². The van der Waals surface area contributed by atoms with Gasteiger partial charge in [-0.25, -0.2) is 0 Å². The minimum Gasteiger partial charge on any atom is -0.331 e. The van der Waals surface area contributed by atoms with Crippen molar-refractivity contribution >= 4 is 40.3 Å². The van der Waals surface area contributed by atoms with Crippen LogP contribution in [0.2, 0.25) is 5.02 Å². The maximum atomic E-state index is 6.14. The Kier molecular flexibility index (Phi) is 6.86. The molecule has 0 spiro atoms. The summed E-state index contributed by atoms with van der Waals surface area (Å²) in [5, 5.41) is 8.71. The number of anilines is 1. The summed E-state index contributed by atoms with van der Waals surface area (Å²) in [4.78, 5) is 0. The van der Waals surface area contributed by atoms with E-state index < -0.39 is 0 Å². The predicted octanol–water partition coefficient (Wildman–Crippen LogP) is 6.41. The van der Waals surface area contributed by atoms with Crippen LogP contribution in [-0.4, -0.2) is 10.8 Å². The zero-order valence-electron chi connectivity index (χ0n) is 15.9. The van der Waals surface area contributed by atoms with Crippen LogP contribution in [0.15, 0.2) is 47.6 Å². The van der Waals surface area contributed by atoms with Crippen molar-refractivity contribution in [3.8, 4) is 0 Å². The van der Waals surface area contributed by atoms with Crippen LogP contribution >= 0.6 is 23.8 Å². The highest BCUT2D eigenvalue weighted by Crippen LogP contribution is 2.32. The number of nitrogens with one attached hydrogen (secondary N) is 2. The Morgan fingerprint density at radius 2 is 1.78 bits per heavy atom. The second-order valence-corrected chi connectivity index (χ2v) is 7.95. The molecule has 142 valence electrons. The van der Waals surface area contributed by atoms with Crippen LogP contribution in [0.25, 0.3) is 0 Å². The van der Waals surface area contributed by atoms with E-state index >= 15 is 0 Å². The van der Waals surface area contributed by atoms with Crippen molar-refractivity contribution in [2.45, 2.75) is 51.9 Å². The van der Waals surface area contributed by atoms with E-state index in [4.69, 9.17) is 23.8 Å². The van der Waals surface area contributed by atoms with Gasteiger partial charge in [-0.05, 0) is 73.6 Å². The molecule has 0 aliphatic heterocycles. The molecule has 0 amide bonds. The maximum absolute atomic E-state index is 6.14. The molecule has 0 heterocycles. The lowest BCUT2D eigenvalue weighted by atomic mass is 9.84. The largest absolute Gasteiger partial charge is 0.331 e. The molecule has 0 bridgehead atoms. The summed E-state index contributed by atoms with van der Waals surface area (Å²) in [6, 6.07) is 14.5. The summed E-state index contributed by atoms with van der Waals surface area (Å²) in [6.07, 6.45) is 6.73. The third kappa shape index (κ3) is 5.30. The van der Waals surface area contributed by atoms with E-state index in [9.17, 15) is 0 Å². The van der Waals surface area contributed by atoms with E-state index in [1.807, 2.05) is 32.0 Å². The molecule has 5 heteroatoms. The second-order valence-electron chi connectivity index (χ2n) is 7.13. The average molecular weight is 400 g/mol. The molecule has 2 N–H and O–H groups in total. The Morgan fingerprint density at radius 1 is 1.07 bits per heavy atom. The van der Waals surface area contributed by atoms with Gasteiger partial charge >= 0.3 is 0 Å². The van der Waals surface area contributed by atoms with Crippen molar-refractivity contribution in [3.05, 3.63) is 64.2 Å². The predicted molar refractivity (Wildman–Crippen MR) is 120 cm³/mol. The van der Waals surface area contributed by atoms with Gasteiger partial charge in [-0.2, -0.15) is 5.10 Å². The van der Waals surface area contributed by atoms with Gasteiger partial charge in [0, 0.05) is 10.7 Å². The van der Waals surface area contributed by atoms with Crippen LogP contribution in [0, 0.1) is 6.92 Å². The maximum Gasteiger partial charge on any atom is 0.191 e. The van der Waals surface area contributed by atoms with Crippen molar-refractivity contribution in [1.29, 1.82) is 0 Å². The summed E-state index contributed by atoms with van der Waals surface area (Å²) < 4.78 is 0. The van der Waals surface area contributed by atoms with Crippen LogP contribution in [0.5, 0.6) is 0 Å². The fourth-order valence-corrected chi connectivity index (χ4v) is 3.85. The summed E-state index contributed by atoms with van der Waals surface area (Å²) in [5.41, 5.74) is 8.21. The molecule has 1 fully saturated rings. The van der Waals surface area contributed by atoms with E-state index in [-0.39, 0.29) is 0 Å². The standard InChI is InChI=1S/C22H26ClN3S/c1-15-20(23)9-6-10-21(15)24-22(27)26-25-16(2)17-11-13-19(14-12-17)18-7-4-3-5-8-18/h6,9-14,18H,3-5,7-8H2,1-2H3,(H2,24,26,27)/b25-16+. The number of thiocarbonyl (C=S) groups is 1. The third-order valence-electron chi connectivity index (χ3n) is 5.25. The number of hydrogen-bond donors (Lipinski definition) is 2. The number of benzene rings is 2. The number of hydrazone groups is 1. The fourth-order valence-electron chi connectivity index (χ4n) is 3.52.